The number of hydrogen-bond acceptors (Lipinski definition) is 3. The van der Waals surface area contributed by atoms with E-state index in [0.717, 1.165) is 18.5 Å². The number of benzene rings is 1. The van der Waals surface area contributed by atoms with Gasteiger partial charge in [-0.1, -0.05) is 26.3 Å². The van der Waals surface area contributed by atoms with Crippen LogP contribution in [0.2, 0.25) is 0 Å². The van der Waals surface area contributed by atoms with Crippen LogP contribution in [-0.2, 0) is 10.0 Å². The monoisotopic (exact) mass is 296 g/mol. The molecule has 1 aromatic rings. The summed E-state index contributed by atoms with van der Waals surface area (Å²) in [7, 11) is -1.94. The van der Waals surface area contributed by atoms with Gasteiger partial charge in [-0.05, 0) is 49.9 Å². The van der Waals surface area contributed by atoms with Gasteiger partial charge in [0.2, 0.25) is 10.0 Å². The second-order valence-corrected chi connectivity index (χ2v) is 8.22. The second kappa shape index (κ2) is 5.74. The molecule has 0 aromatic heterocycles. The van der Waals surface area contributed by atoms with Crippen molar-refractivity contribution in [2.45, 2.75) is 50.5 Å². The Kier molecular flexibility index (Phi) is 4.39. The Morgan fingerprint density at radius 1 is 1.30 bits per heavy atom. The smallest absolute Gasteiger partial charge is 0.240 e. The summed E-state index contributed by atoms with van der Waals surface area (Å²) in [6.07, 6.45) is 4.75. The van der Waals surface area contributed by atoms with E-state index in [-0.39, 0.29) is 0 Å². The SMILES string of the molecule is CNS(=O)(=O)c1cccc(NC2CCCC(C)(C)C2)c1. The van der Waals surface area contributed by atoms with Gasteiger partial charge in [-0.25, -0.2) is 13.1 Å². The quantitative estimate of drug-likeness (QED) is 0.898. The number of rotatable bonds is 4. The molecule has 0 saturated heterocycles. The van der Waals surface area contributed by atoms with Crippen LogP contribution in [0.15, 0.2) is 29.2 Å². The lowest BCUT2D eigenvalue weighted by atomic mass is 9.75. The first-order valence-corrected chi connectivity index (χ1v) is 8.61. The number of hydrogen-bond donors (Lipinski definition) is 2. The van der Waals surface area contributed by atoms with Gasteiger partial charge in [0, 0.05) is 11.7 Å². The number of anilines is 1. The van der Waals surface area contributed by atoms with E-state index >= 15 is 0 Å². The fraction of sp³-hybridized carbons (Fsp3) is 0.600. The van der Waals surface area contributed by atoms with Crippen molar-refractivity contribution < 1.29 is 8.42 Å². The lowest BCUT2D eigenvalue weighted by Crippen LogP contribution is -2.31. The molecule has 0 aliphatic heterocycles. The Balaban J connectivity index is 2.13. The predicted octanol–water partition coefficient (Wildman–Crippen LogP) is 2.98. The Morgan fingerprint density at radius 2 is 2.05 bits per heavy atom. The van der Waals surface area contributed by atoms with Crippen LogP contribution in [0.25, 0.3) is 0 Å². The summed E-state index contributed by atoms with van der Waals surface area (Å²) in [5.41, 5.74) is 1.24. The van der Waals surface area contributed by atoms with Crippen LogP contribution in [-0.4, -0.2) is 21.5 Å². The van der Waals surface area contributed by atoms with E-state index in [1.54, 1.807) is 18.2 Å². The minimum absolute atomic E-state index is 0.306. The molecule has 5 heteroatoms. The van der Waals surface area contributed by atoms with E-state index in [9.17, 15) is 8.42 Å². The first kappa shape index (κ1) is 15.3. The highest BCUT2D eigenvalue weighted by Crippen LogP contribution is 2.36. The van der Waals surface area contributed by atoms with Crippen LogP contribution in [0.3, 0.4) is 0 Å². The van der Waals surface area contributed by atoms with Gasteiger partial charge >= 0.3 is 0 Å². The molecule has 1 atom stereocenters. The second-order valence-electron chi connectivity index (χ2n) is 6.34. The highest BCUT2D eigenvalue weighted by Gasteiger charge is 2.27. The van der Waals surface area contributed by atoms with Crippen molar-refractivity contribution in [3.05, 3.63) is 24.3 Å². The predicted molar refractivity (Wildman–Crippen MR) is 82.3 cm³/mol. The van der Waals surface area contributed by atoms with Crippen molar-refractivity contribution in [3.8, 4) is 0 Å². The Bertz CT molecular complexity index is 567. The zero-order valence-electron chi connectivity index (χ0n) is 12.4. The van der Waals surface area contributed by atoms with Crippen LogP contribution in [0, 0.1) is 5.41 Å². The molecule has 0 heterocycles. The first-order valence-electron chi connectivity index (χ1n) is 7.13. The molecule has 0 bridgehead atoms. The first-order chi connectivity index (χ1) is 9.32. The van der Waals surface area contributed by atoms with Gasteiger partial charge in [0.05, 0.1) is 4.90 Å². The molecule has 1 unspecified atom stereocenters. The molecule has 0 radical (unpaired) electrons. The Hall–Kier alpha value is -1.07. The summed E-state index contributed by atoms with van der Waals surface area (Å²) in [6, 6.07) is 7.44. The molecule has 0 amide bonds. The van der Waals surface area contributed by atoms with Gasteiger partial charge in [-0.15, -0.1) is 0 Å². The van der Waals surface area contributed by atoms with Gasteiger partial charge in [0.15, 0.2) is 0 Å². The third-order valence-corrected chi connectivity index (χ3v) is 5.40. The zero-order chi connectivity index (χ0) is 14.8. The molecule has 4 nitrogen and oxygen atoms in total. The Labute approximate surface area is 122 Å². The van der Waals surface area contributed by atoms with Crippen LogP contribution < -0.4 is 10.0 Å². The summed E-state index contributed by atoms with van der Waals surface area (Å²) in [6.45, 7) is 4.59. The van der Waals surface area contributed by atoms with Gasteiger partial charge < -0.3 is 5.32 Å². The van der Waals surface area contributed by atoms with Crippen LogP contribution in [0.4, 0.5) is 5.69 Å². The van der Waals surface area contributed by atoms with E-state index in [1.165, 1.54) is 19.9 Å². The molecule has 1 aromatic carbocycles. The average Bonchev–Trinajstić information content (AvgIpc) is 2.38. The van der Waals surface area contributed by atoms with E-state index in [2.05, 4.69) is 23.9 Å². The highest BCUT2D eigenvalue weighted by molar-refractivity contribution is 7.89. The van der Waals surface area contributed by atoms with Crippen molar-refractivity contribution in [2.24, 2.45) is 5.41 Å². The van der Waals surface area contributed by atoms with Crippen molar-refractivity contribution in [1.29, 1.82) is 0 Å². The molecular formula is C15H24N2O2S. The zero-order valence-corrected chi connectivity index (χ0v) is 13.3. The van der Waals surface area contributed by atoms with Gasteiger partial charge in [0.1, 0.15) is 0 Å². The largest absolute Gasteiger partial charge is 0.382 e. The molecule has 1 aliphatic rings. The standard InChI is InChI=1S/C15H24N2O2S/c1-15(2)9-5-7-13(11-15)17-12-6-4-8-14(10-12)20(18,19)16-3/h4,6,8,10,13,16-17H,5,7,9,11H2,1-3H3. The lowest BCUT2D eigenvalue weighted by molar-refractivity contribution is 0.229. The Morgan fingerprint density at radius 3 is 2.70 bits per heavy atom. The normalized spacial score (nSPS) is 22.4. The summed E-state index contributed by atoms with van der Waals surface area (Å²) >= 11 is 0. The molecule has 1 fully saturated rings. The van der Waals surface area contributed by atoms with Gasteiger partial charge in [-0.3, -0.25) is 0 Å². The maximum Gasteiger partial charge on any atom is 0.240 e. The van der Waals surface area contributed by atoms with Crippen molar-refractivity contribution in [2.75, 3.05) is 12.4 Å². The van der Waals surface area contributed by atoms with E-state index in [1.807, 2.05) is 6.07 Å². The van der Waals surface area contributed by atoms with E-state index < -0.39 is 10.0 Å². The third-order valence-electron chi connectivity index (χ3n) is 3.99. The molecule has 0 spiro atoms. The fourth-order valence-electron chi connectivity index (χ4n) is 2.93. The van der Waals surface area contributed by atoms with Gasteiger partial charge in [0.25, 0.3) is 0 Å². The van der Waals surface area contributed by atoms with Crippen molar-refractivity contribution in [3.63, 3.8) is 0 Å². The summed E-state index contributed by atoms with van der Waals surface area (Å²) in [4.78, 5) is 0.306. The van der Waals surface area contributed by atoms with Crippen LogP contribution >= 0.6 is 0 Å². The van der Waals surface area contributed by atoms with E-state index in [4.69, 9.17) is 0 Å². The van der Waals surface area contributed by atoms with Crippen molar-refractivity contribution in [1.82, 2.24) is 4.72 Å². The third kappa shape index (κ3) is 3.73. The average molecular weight is 296 g/mol. The summed E-state index contributed by atoms with van der Waals surface area (Å²) in [5, 5.41) is 3.48. The summed E-state index contributed by atoms with van der Waals surface area (Å²) in [5.74, 6) is 0. The minimum atomic E-state index is -3.37. The number of sulfonamides is 1. The molecule has 1 saturated carbocycles. The maximum absolute atomic E-state index is 11.8. The summed E-state index contributed by atoms with van der Waals surface area (Å²) < 4.78 is 26.0. The highest BCUT2D eigenvalue weighted by atomic mass is 32.2. The molecule has 2 rings (SSSR count). The molecule has 1 aliphatic carbocycles. The van der Waals surface area contributed by atoms with Gasteiger partial charge in [-0.2, -0.15) is 0 Å². The van der Waals surface area contributed by atoms with Crippen molar-refractivity contribution >= 4 is 15.7 Å². The molecule has 20 heavy (non-hydrogen) atoms. The molecular weight excluding hydrogens is 272 g/mol. The van der Waals surface area contributed by atoms with E-state index in [0.29, 0.717) is 16.4 Å². The lowest BCUT2D eigenvalue weighted by Gasteiger charge is -2.36. The minimum Gasteiger partial charge on any atom is -0.382 e. The fourth-order valence-corrected chi connectivity index (χ4v) is 3.70. The maximum atomic E-state index is 11.8. The molecule has 2 N–H and O–H groups in total. The number of nitrogens with one attached hydrogen (secondary N) is 2. The topological polar surface area (TPSA) is 58.2 Å². The van der Waals surface area contributed by atoms with Crippen LogP contribution in [0.1, 0.15) is 39.5 Å². The van der Waals surface area contributed by atoms with Crippen LogP contribution in [0.5, 0.6) is 0 Å². The molecule has 112 valence electrons.